The predicted octanol–water partition coefficient (Wildman–Crippen LogP) is 4.15. The average Bonchev–Trinajstić information content (AvgIpc) is 2.16. The van der Waals surface area contributed by atoms with Crippen molar-refractivity contribution < 1.29 is 22.3 Å². The van der Waals surface area contributed by atoms with Gasteiger partial charge in [-0.25, -0.2) is 4.39 Å². The molecule has 1 aromatic rings. The van der Waals surface area contributed by atoms with E-state index in [2.05, 4.69) is 15.9 Å². The van der Waals surface area contributed by atoms with E-state index in [-0.39, 0.29) is 11.9 Å². The molecule has 94 valence electrons. The summed E-state index contributed by atoms with van der Waals surface area (Å²) >= 11 is 3.35. The maximum absolute atomic E-state index is 13.0. The van der Waals surface area contributed by atoms with Gasteiger partial charge in [0.15, 0.2) is 0 Å². The highest BCUT2D eigenvalue weighted by Gasteiger charge is 2.35. The molecule has 0 atom stereocenters. The van der Waals surface area contributed by atoms with Gasteiger partial charge in [0.2, 0.25) is 0 Å². The fourth-order valence-corrected chi connectivity index (χ4v) is 2.42. The van der Waals surface area contributed by atoms with Crippen molar-refractivity contribution in [2.45, 2.75) is 29.9 Å². The summed E-state index contributed by atoms with van der Waals surface area (Å²) in [5.74, 6) is -1.22. The number of hydrogen-bond donors (Lipinski definition) is 0. The van der Waals surface area contributed by atoms with Gasteiger partial charge in [-0.3, -0.25) is 0 Å². The van der Waals surface area contributed by atoms with Crippen molar-refractivity contribution in [1.29, 1.82) is 0 Å². The maximum Gasteiger partial charge on any atom is 0.419 e. The second kappa shape index (κ2) is 4.48. The van der Waals surface area contributed by atoms with E-state index in [1.165, 1.54) is 6.07 Å². The molecule has 17 heavy (non-hydrogen) atoms. The van der Waals surface area contributed by atoms with E-state index in [0.717, 1.165) is 18.9 Å². The Labute approximate surface area is 104 Å². The number of halogens is 5. The van der Waals surface area contributed by atoms with Crippen LogP contribution in [0, 0.1) is 5.82 Å². The van der Waals surface area contributed by atoms with Crippen LogP contribution >= 0.6 is 15.9 Å². The van der Waals surface area contributed by atoms with Gasteiger partial charge >= 0.3 is 6.18 Å². The fourth-order valence-electron chi connectivity index (χ4n) is 1.59. The summed E-state index contributed by atoms with van der Waals surface area (Å²) in [7, 11) is 0. The Bertz CT molecular complexity index is 412. The Balaban J connectivity index is 2.14. The van der Waals surface area contributed by atoms with Crippen LogP contribution in [0.2, 0.25) is 0 Å². The Morgan fingerprint density at radius 3 is 2.41 bits per heavy atom. The molecular weight excluding hydrogens is 304 g/mol. The molecule has 1 fully saturated rings. The molecule has 0 heterocycles. The van der Waals surface area contributed by atoms with Gasteiger partial charge in [-0.1, -0.05) is 15.9 Å². The summed E-state index contributed by atoms with van der Waals surface area (Å²) in [6.45, 7) is 0. The van der Waals surface area contributed by atoms with E-state index >= 15 is 0 Å². The van der Waals surface area contributed by atoms with Crippen molar-refractivity contribution in [3.8, 4) is 5.75 Å². The molecule has 1 nitrogen and oxygen atoms in total. The van der Waals surface area contributed by atoms with E-state index in [9.17, 15) is 17.6 Å². The zero-order valence-corrected chi connectivity index (χ0v) is 10.2. The van der Waals surface area contributed by atoms with E-state index in [0.29, 0.717) is 10.9 Å². The molecule has 1 saturated carbocycles. The van der Waals surface area contributed by atoms with Gasteiger partial charge in [0.05, 0.1) is 5.56 Å². The summed E-state index contributed by atoms with van der Waals surface area (Å²) in [4.78, 5) is 0.357. The second-order valence-corrected chi connectivity index (χ2v) is 5.24. The van der Waals surface area contributed by atoms with Crippen LogP contribution in [0.1, 0.15) is 18.4 Å². The third kappa shape index (κ3) is 2.91. The molecule has 6 heteroatoms. The van der Waals surface area contributed by atoms with Crippen LogP contribution in [-0.4, -0.2) is 10.9 Å². The van der Waals surface area contributed by atoms with Crippen LogP contribution in [0.4, 0.5) is 17.6 Å². The summed E-state index contributed by atoms with van der Waals surface area (Å²) in [6.07, 6.45) is -3.29. The van der Waals surface area contributed by atoms with Gasteiger partial charge in [-0.15, -0.1) is 0 Å². The smallest absolute Gasteiger partial charge is 0.419 e. The van der Waals surface area contributed by atoms with Crippen molar-refractivity contribution in [2.75, 3.05) is 0 Å². The zero-order valence-electron chi connectivity index (χ0n) is 8.60. The predicted molar refractivity (Wildman–Crippen MR) is 57.8 cm³/mol. The Morgan fingerprint density at radius 2 is 1.88 bits per heavy atom. The Morgan fingerprint density at radius 1 is 1.24 bits per heavy atom. The first-order chi connectivity index (χ1) is 7.86. The standard InChI is InChI=1S/C11H9BrF4O/c12-6-3-8(4-6)17-7-1-2-10(13)9(5-7)11(14,15)16/h1-2,5-6,8H,3-4H2. The lowest BCUT2D eigenvalue weighted by atomic mass is 9.96. The van der Waals surface area contributed by atoms with E-state index in [4.69, 9.17) is 4.74 Å². The Hall–Kier alpha value is -0.780. The van der Waals surface area contributed by atoms with E-state index < -0.39 is 17.6 Å². The Kier molecular flexibility index (Phi) is 3.34. The lowest BCUT2D eigenvalue weighted by Gasteiger charge is -2.31. The number of ether oxygens (including phenoxy) is 1. The molecule has 0 saturated heterocycles. The van der Waals surface area contributed by atoms with Crippen LogP contribution in [-0.2, 0) is 6.18 Å². The van der Waals surface area contributed by atoms with Gasteiger partial charge < -0.3 is 4.74 Å². The highest BCUT2D eigenvalue weighted by Crippen LogP contribution is 2.36. The van der Waals surface area contributed by atoms with Crippen molar-refractivity contribution in [3.05, 3.63) is 29.6 Å². The number of hydrogen-bond acceptors (Lipinski definition) is 1. The second-order valence-electron chi connectivity index (χ2n) is 3.95. The SMILES string of the molecule is Fc1ccc(OC2CC(Br)C2)cc1C(F)(F)F. The van der Waals surface area contributed by atoms with Crippen LogP contribution in [0.5, 0.6) is 5.75 Å². The number of benzene rings is 1. The summed E-state index contributed by atoms with van der Waals surface area (Å²) in [5, 5.41) is 0. The highest BCUT2D eigenvalue weighted by atomic mass is 79.9. The normalized spacial score (nSPS) is 24.3. The number of rotatable bonds is 2. The van der Waals surface area contributed by atoms with Crippen LogP contribution in [0.3, 0.4) is 0 Å². The molecule has 1 aliphatic carbocycles. The van der Waals surface area contributed by atoms with E-state index in [1.807, 2.05) is 0 Å². The minimum atomic E-state index is -4.69. The van der Waals surface area contributed by atoms with Gasteiger partial charge in [0.1, 0.15) is 17.7 Å². The molecule has 0 bridgehead atoms. The lowest BCUT2D eigenvalue weighted by Crippen LogP contribution is -2.34. The molecule has 0 aromatic heterocycles. The van der Waals surface area contributed by atoms with Crippen molar-refractivity contribution in [2.24, 2.45) is 0 Å². The fraction of sp³-hybridized carbons (Fsp3) is 0.455. The van der Waals surface area contributed by atoms with Crippen LogP contribution < -0.4 is 4.74 Å². The van der Waals surface area contributed by atoms with Crippen LogP contribution in [0.25, 0.3) is 0 Å². The molecule has 0 aliphatic heterocycles. The molecule has 0 N–H and O–H groups in total. The summed E-state index contributed by atoms with van der Waals surface area (Å²) < 4.78 is 55.6. The largest absolute Gasteiger partial charge is 0.490 e. The van der Waals surface area contributed by atoms with Gasteiger partial charge in [-0.05, 0) is 31.0 Å². The molecule has 0 unspecified atom stereocenters. The summed E-state index contributed by atoms with van der Waals surface area (Å²) in [6, 6.07) is 2.70. The van der Waals surface area contributed by atoms with E-state index in [1.54, 1.807) is 0 Å². The van der Waals surface area contributed by atoms with Crippen molar-refractivity contribution in [3.63, 3.8) is 0 Å². The van der Waals surface area contributed by atoms with Crippen LogP contribution in [0.15, 0.2) is 18.2 Å². The molecule has 0 spiro atoms. The monoisotopic (exact) mass is 312 g/mol. The average molecular weight is 313 g/mol. The molecule has 0 amide bonds. The first-order valence-corrected chi connectivity index (χ1v) is 5.95. The molecule has 0 radical (unpaired) electrons. The van der Waals surface area contributed by atoms with Gasteiger partial charge in [-0.2, -0.15) is 13.2 Å². The minimum Gasteiger partial charge on any atom is -0.490 e. The highest BCUT2D eigenvalue weighted by molar-refractivity contribution is 9.09. The zero-order chi connectivity index (χ0) is 12.6. The van der Waals surface area contributed by atoms with Gasteiger partial charge in [0, 0.05) is 4.83 Å². The topological polar surface area (TPSA) is 9.23 Å². The molecule has 1 aromatic carbocycles. The van der Waals surface area contributed by atoms with Crippen molar-refractivity contribution in [1.82, 2.24) is 0 Å². The molecule has 1 aliphatic rings. The lowest BCUT2D eigenvalue weighted by molar-refractivity contribution is -0.140. The van der Waals surface area contributed by atoms with Crippen molar-refractivity contribution >= 4 is 15.9 Å². The third-order valence-corrected chi connectivity index (χ3v) is 3.33. The third-order valence-electron chi connectivity index (χ3n) is 2.58. The maximum atomic E-state index is 13.0. The minimum absolute atomic E-state index is 0.0584. The summed E-state index contributed by atoms with van der Waals surface area (Å²) in [5.41, 5.74) is -1.29. The number of alkyl halides is 4. The molecule has 2 rings (SSSR count). The first kappa shape index (κ1) is 12.7. The van der Waals surface area contributed by atoms with Gasteiger partial charge in [0.25, 0.3) is 0 Å². The quantitative estimate of drug-likeness (QED) is 0.589. The first-order valence-electron chi connectivity index (χ1n) is 5.04. The molecular formula is C11H9BrF4O.